The number of rotatable bonds is 4. The highest BCUT2D eigenvalue weighted by Crippen LogP contribution is 2.36. The molecule has 98 valence electrons. The molecule has 1 aliphatic heterocycles. The van der Waals surface area contributed by atoms with Crippen molar-refractivity contribution in [2.45, 2.75) is 38.1 Å². The quantitative estimate of drug-likeness (QED) is 0.912. The number of nitrogens with one attached hydrogen (secondary N) is 1. The molecule has 2 aliphatic rings. The smallest absolute Gasteiger partial charge is 0.133 e. The molecule has 1 saturated carbocycles. The number of hydrogen-bond acceptors (Lipinski definition) is 2. The summed E-state index contributed by atoms with van der Waals surface area (Å²) in [6.07, 6.45) is 5.12. The molecule has 1 aliphatic carbocycles. The van der Waals surface area contributed by atoms with Gasteiger partial charge in [0.25, 0.3) is 0 Å². The van der Waals surface area contributed by atoms with Gasteiger partial charge in [0, 0.05) is 5.54 Å². The molecule has 0 spiro atoms. The largest absolute Gasteiger partial charge is 0.492 e. The van der Waals surface area contributed by atoms with Crippen molar-refractivity contribution in [1.82, 2.24) is 5.32 Å². The summed E-state index contributed by atoms with van der Waals surface area (Å²) in [6, 6.07) is 6.51. The van der Waals surface area contributed by atoms with Crippen molar-refractivity contribution in [3.05, 3.63) is 28.2 Å². The third-order valence-electron chi connectivity index (χ3n) is 4.11. The van der Waals surface area contributed by atoms with Gasteiger partial charge < -0.3 is 10.1 Å². The van der Waals surface area contributed by atoms with Crippen molar-refractivity contribution >= 4 is 15.9 Å². The van der Waals surface area contributed by atoms with Crippen molar-refractivity contribution in [3.63, 3.8) is 0 Å². The van der Waals surface area contributed by atoms with Gasteiger partial charge in [-0.3, -0.25) is 0 Å². The van der Waals surface area contributed by atoms with Gasteiger partial charge in [-0.05, 0) is 78.7 Å². The van der Waals surface area contributed by atoms with Crippen LogP contribution in [0.25, 0.3) is 0 Å². The minimum Gasteiger partial charge on any atom is -0.492 e. The first-order valence-corrected chi connectivity index (χ1v) is 7.64. The molecule has 3 heteroatoms. The Morgan fingerprint density at radius 2 is 2.28 bits per heavy atom. The van der Waals surface area contributed by atoms with Crippen LogP contribution in [0, 0.1) is 5.92 Å². The summed E-state index contributed by atoms with van der Waals surface area (Å²) >= 11 is 3.58. The third kappa shape index (κ3) is 2.57. The van der Waals surface area contributed by atoms with Gasteiger partial charge >= 0.3 is 0 Å². The Kier molecular flexibility index (Phi) is 3.37. The summed E-state index contributed by atoms with van der Waals surface area (Å²) in [5, 5.41) is 3.60. The minimum atomic E-state index is 0.123. The average Bonchev–Trinajstić information content (AvgIpc) is 3.09. The van der Waals surface area contributed by atoms with Gasteiger partial charge in [0.1, 0.15) is 5.75 Å². The summed E-state index contributed by atoms with van der Waals surface area (Å²) in [7, 11) is 0. The van der Waals surface area contributed by atoms with Gasteiger partial charge in [-0.15, -0.1) is 0 Å². The van der Waals surface area contributed by atoms with Crippen molar-refractivity contribution in [3.8, 4) is 5.75 Å². The van der Waals surface area contributed by atoms with E-state index >= 15 is 0 Å². The summed E-state index contributed by atoms with van der Waals surface area (Å²) in [5.41, 5.74) is 1.47. The molecule has 18 heavy (non-hydrogen) atoms. The lowest BCUT2D eigenvalue weighted by Crippen LogP contribution is -2.33. The monoisotopic (exact) mass is 309 g/mol. The van der Waals surface area contributed by atoms with Crippen LogP contribution in [0.2, 0.25) is 0 Å². The topological polar surface area (TPSA) is 21.3 Å². The Balaban J connectivity index is 1.79. The Morgan fingerprint density at radius 1 is 1.44 bits per heavy atom. The van der Waals surface area contributed by atoms with E-state index in [1.807, 2.05) is 0 Å². The van der Waals surface area contributed by atoms with Gasteiger partial charge in [0.15, 0.2) is 0 Å². The molecular weight excluding hydrogens is 290 g/mol. The molecule has 1 unspecified atom stereocenters. The zero-order chi connectivity index (χ0) is 12.6. The van der Waals surface area contributed by atoms with E-state index in [0.717, 1.165) is 29.3 Å². The molecule has 1 aromatic carbocycles. The molecule has 2 nitrogen and oxygen atoms in total. The Hall–Kier alpha value is -0.540. The van der Waals surface area contributed by atoms with Crippen LogP contribution >= 0.6 is 15.9 Å². The highest BCUT2D eigenvalue weighted by atomic mass is 79.9. The molecule has 1 atom stereocenters. The van der Waals surface area contributed by atoms with Crippen molar-refractivity contribution in [2.75, 3.05) is 13.2 Å². The first kappa shape index (κ1) is 12.5. The van der Waals surface area contributed by atoms with E-state index in [9.17, 15) is 0 Å². The maximum absolute atomic E-state index is 5.93. The van der Waals surface area contributed by atoms with E-state index in [-0.39, 0.29) is 5.54 Å². The van der Waals surface area contributed by atoms with E-state index in [0.29, 0.717) is 0 Å². The number of benzene rings is 1. The lowest BCUT2D eigenvalue weighted by Gasteiger charge is -2.25. The first-order chi connectivity index (χ1) is 8.67. The van der Waals surface area contributed by atoms with E-state index in [2.05, 4.69) is 46.4 Å². The van der Waals surface area contributed by atoms with E-state index in [4.69, 9.17) is 4.74 Å². The second-order valence-electron chi connectivity index (χ2n) is 5.76. The Labute approximate surface area is 117 Å². The van der Waals surface area contributed by atoms with Crippen molar-refractivity contribution < 1.29 is 4.74 Å². The maximum Gasteiger partial charge on any atom is 0.133 e. The van der Waals surface area contributed by atoms with E-state index < -0.39 is 0 Å². The molecule has 0 aromatic heterocycles. The fourth-order valence-electron chi connectivity index (χ4n) is 2.59. The van der Waals surface area contributed by atoms with Crippen LogP contribution in [-0.2, 0) is 5.54 Å². The molecule has 2 fully saturated rings. The summed E-state index contributed by atoms with van der Waals surface area (Å²) in [5.74, 6) is 1.79. The van der Waals surface area contributed by atoms with Gasteiger partial charge in [0.05, 0.1) is 11.1 Å². The zero-order valence-electron chi connectivity index (χ0n) is 10.8. The van der Waals surface area contributed by atoms with Crippen LogP contribution in [0.5, 0.6) is 5.75 Å². The highest BCUT2D eigenvalue weighted by molar-refractivity contribution is 9.10. The summed E-state index contributed by atoms with van der Waals surface area (Å²) < 4.78 is 6.99. The average molecular weight is 310 g/mol. The standard InChI is InChI=1S/C15H20BrNO/c1-15(7-2-8-17-15)12-5-6-13(16)14(9-12)18-10-11-3-4-11/h5-6,9,11,17H,2-4,7-8,10H2,1H3. The maximum atomic E-state index is 5.93. The minimum absolute atomic E-state index is 0.123. The number of ether oxygens (including phenoxy) is 1. The number of hydrogen-bond donors (Lipinski definition) is 1. The van der Waals surface area contributed by atoms with Crippen LogP contribution < -0.4 is 10.1 Å². The molecule has 1 heterocycles. The predicted octanol–water partition coefficient (Wildman–Crippen LogP) is 3.84. The highest BCUT2D eigenvalue weighted by Gasteiger charge is 2.30. The van der Waals surface area contributed by atoms with Crippen molar-refractivity contribution in [2.24, 2.45) is 5.92 Å². The fourth-order valence-corrected chi connectivity index (χ4v) is 2.95. The number of halogens is 1. The van der Waals surface area contributed by atoms with Gasteiger partial charge in [-0.25, -0.2) is 0 Å². The van der Waals surface area contributed by atoms with Gasteiger partial charge in [-0.1, -0.05) is 6.07 Å². The van der Waals surface area contributed by atoms with E-state index in [1.165, 1.54) is 31.2 Å². The Bertz CT molecular complexity index is 436. The van der Waals surface area contributed by atoms with Gasteiger partial charge in [-0.2, -0.15) is 0 Å². The van der Waals surface area contributed by atoms with E-state index in [1.54, 1.807) is 0 Å². The van der Waals surface area contributed by atoms with Crippen LogP contribution in [0.3, 0.4) is 0 Å². The Morgan fingerprint density at radius 3 is 2.94 bits per heavy atom. The predicted molar refractivity (Wildman–Crippen MR) is 76.9 cm³/mol. The molecule has 0 amide bonds. The molecule has 1 N–H and O–H groups in total. The molecule has 0 radical (unpaired) electrons. The first-order valence-electron chi connectivity index (χ1n) is 6.85. The third-order valence-corrected chi connectivity index (χ3v) is 4.76. The molecule has 1 aromatic rings. The SMILES string of the molecule is CC1(c2ccc(Br)c(OCC3CC3)c2)CCCN1. The second kappa shape index (κ2) is 4.86. The molecule has 1 saturated heterocycles. The van der Waals surface area contributed by atoms with Gasteiger partial charge in [0.2, 0.25) is 0 Å². The lowest BCUT2D eigenvalue weighted by atomic mass is 9.90. The van der Waals surface area contributed by atoms with Crippen LogP contribution in [-0.4, -0.2) is 13.2 Å². The zero-order valence-corrected chi connectivity index (χ0v) is 12.4. The fraction of sp³-hybridized carbons (Fsp3) is 0.600. The molecular formula is C15H20BrNO. The van der Waals surface area contributed by atoms with Crippen molar-refractivity contribution in [1.29, 1.82) is 0 Å². The summed E-state index contributed by atoms with van der Waals surface area (Å²) in [4.78, 5) is 0. The molecule has 3 rings (SSSR count). The van der Waals surface area contributed by atoms with Crippen LogP contribution in [0.15, 0.2) is 22.7 Å². The lowest BCUT2D eigenvalue weighted by molar-refractivity contribution is 0.296. The normalized spacial score (nSPS) is 27.4. The second-order valence-corrected chi connectivity index (χ2v) is 6.62. The summed E-state index contributed by atoms with van der Waals surface area (Å²) in [6.45, 7) is 4.27. The molecule has 0 bridgehead atoms. The van der Waals surface area contributed by atoms with Crippen LogP contribution in [0.4, 0.5) is 0 Å². The van der Waals surface area contributed by atoms with Crippen LogP contribution in [0.1, 0.15) is 38.2 Å².